The van der Waals surface area contributed by atoms with Gasteiger partial charge in [0.1, 0.15) is 17.5 Å². The second-order valence-corrected chi connectivity index (χ2v) is 7.84. The fourth-order valence-electron chi connectivity index (χ4n) is 3.56. The largest absolute Gasteiger partial charge is 0.348 e. The lowest BCUT2D eigenvalue weighted by Crippen LogP contribution is -2.22. The van der Waals surface area contributed by atoms with Crippen LogP contribution in [0.2, 0.25) is 0 Å². The first kappa shape index (κ1) is 21.5. The van der Waals surface area contributed by atoms with Crippen molar-refractivity contribution in [3.8, 4) is 11.1 Å². The van der Waals surface area contributed by atoms with Crippen molar-refractivity contribution in [1.82, 2.24) is 20.3 Å². The van der Waals surface area contributed by atoms with Crippen molar-refractivity contribution in [2.45, 2.75) is 38.6 Å². The Hall–Kier alpha value is -3.75. The number of nitrogens with one attached hydrogen (secondary N) is 2. The topological polar surface area (TPSA) is 96.9 Å². The lowest BCUT2D eigenvalue weighted by Gasteiger charge is -2.19. The molecule has 0 saturated carbocycles. The molecule has 0 aliphatic carbocycles. The second kappa shape index (κ2) is 8.78. The molecule has 0 radical (unpaired) electrons. The minimum atomic E-state index is -0.654. The number of anilines is 1. The minimum Gasteiger partial charge on any atom is -0.348 e. The molecule has 1 saturated heterocycles. The Labute approximate surface area is 183 Å². The summed E-state index contributed by atoms with van der Waals surface area (Å²) in [5, 5.41) is 5.56. The Balaban J connectivity index is 1.78. The van der Waals surface area contributed by atoms with Crippen LogP contribution in [0, 0.1) is 11.6 Å². The van der Waals surface area contributed by atoms with Crippen molar-refractivity contribution in [3.63, 3.8) is 0 Å². The number of aromatic nitrogens is 3. The number of hydrogen-bond donors (Lipinski definition) is 2. The number of rotatable bonds is 5. The van der Waals surface area contributed by atoms with Gasteiger partial charge in [0.15, 0.2) is 0 Å². The number of amides is 2. The fraction of sp³-hybridized carbons (Fsp3) is 0.261. The number of pyridine rings is 1. The quantitative estimate of drug-likeness (QED) is 0.625. The molecule has 164 valence electrons. The minimum absolute atomic E-state index is 0.0281. The highest BCUT2D eigenvalue weighted by molar-refractivity contribution is 6.06. The summed E-state index contributed by atoms with van der Waals surface area (Å²) in [5.41, 5.74) is 0.985. The average molecular weight is 437 g/mol. The highest BCUT2D eigenvalue weighted by atomic mass is 19.1. The number of carbonyl (C=O) groups is 2. The van der Waals surface area contributed by atoms with E-state index in [1.165, 1.54) is 24.7 Å². The molecule has 32 heavy (non-hydrogen) atoms. The molecule has 0 bridgehead atoms. The summed E-state index contributed by atoms with van der Waals surface area (Å²) >= 11 is 0. The van der Waals surface area contributed by atoms with Crippen LogP contribution >= 0.6 is 0 Å². The molecule has 0 spiro atoms. The zero-order valence-electron chi connectivity index (χ0n) is 17.5. The number of hydrogen-bond acceptors (Lipinski definition) is 5. The molecule has 1 aliphatic heterocycles. The Morgan fingerprint density at radius 1 is 1.12 bits per heavy atom. The van der Waals surface area contributed by atoms with Crippen LogP contribution in [-0.4, -0.2) is 26.8 Å². The summed E-state index contributed by atoms with van der Waals surface area (Å²) in [6.45, 7) is 3.87. The highest BCUT2D eigenvalue weighted by Gasteiger charge is 2.28. The van der Waals surface area contributed by atoms with Gasteiger partial charge in [0.2, 0.25) is 5.91 Å². The summed E-state index contributed by atoms with van der Waals surface area (Å²) in [4.78, 5) is 37.5. The zero-order valence-corrected chi connectivity index (χ0v) is 17.5. The molecular formula is C23H21F2N5O2. The molecule has 1 unspecified atom stereocenters. The third-order valence-electron chi connectivity index (χ3n) is 5.21. The molecule has 2 aromatic heterocycles. The third-order valence-corrected chi connectivity index (χ3v) is 5.21. The molecular weight excluding hydrogens is 416 g/mol. The fourth-order valence-corrected chi connectivity index (χ4v) is 3.56. The van der Waals surface area contributed by atoms with E-state index in [2.05, 4.69) is 25.6 Å². The second-order valence-electron chi connectivity index (χ2n) is 7.84. The average Bonchev–Trinajstić information content (AvgIpc) is 3.21. The maximum Gasteiger partial charge on any atom is 0.258 e. The van der Waals surface area contributed by atoms with Crippen LogP contribution in [0.3, 0.4) is 0 Å². The molecule has 3 heterocycles. The molecule has 1 aromatic carbocycles. The van der Waals surface area contributed by atoms with Crippen LogP contribution in [0.1, 0.15) is 60.5 Å². The van der Waals surface area contributed by atoms with Crippen LogP contribution in [-0.2, 0) is 4.79 Å². The first-order valence-electron chi connectivity index (χ1n) is 10.2. The van der Waals surface area contributed by atoms with Crippen LogP contribution in [0.4, 0.5) is 14.5 Å². The van der Waals surface area contributed by atoms with E-state index in [0.717, 1.165) is 18.2 Å². The molecule has 9 heteroatoms. The third kappa shape index (κ3) is 4.32. The number of halogens is 2. The maximum absolute atomic E-state index is 14.6. The summed E-state index contributed by atoms with van der Waals surface area (Å²) in [6.07, 6.45) is 5.04. The van der Waals surface area contributed by atoms with Gasteiger partial charge in [-0.2, -0.15) is 0 Å². The van der Waals surface area contributed by atoms with Crippen molar-refractivity contribution in [2.24, 2.45) is 0 Å². The van der Waals surface area contributed by atoms with Crippen LogP contribution in [0.5, 0.6) is 0 Å². The molecule has 1 fully saturated rings. The SMILES string of the molecule is CC(C)c1ncc(C(=O)Nc2c(-c3cc(F)ccc3F)ccnc2C2CCC(=O)N2)cn1. The van der Waals surface area contributed by atoms with Crippen LogP contribution in [0.15, 0.2) is 42.9 Å². The normalized spacial score (nSPS) is 15.7. The Morgan fingerprint density at radius 2 is 1.88 bits per heavy atom. The summed E-state index contributed by atoms with van der Waals surface area (Å²) < 4.78 is 28.5. The monoisotopic (exact) mass is 437 g/mol. The van der Waals surface area contributed by atoms with E-state index >= 15 is 0 Å². The van der Waals surface area contributed by atoms with Gasteiger partial charge in [-0.05, 0) is 30.7 Å². The predicted molar refractivity (Wildman–Crippen MR) is 114 cm³/mol. The van der Waals surface area contributed by atoms with E-state index in [1.807, 2.05) is 13.8 Å². The molecule has 2 amide bonds. The van der Waals surface area contributed by atoms with Gasteiger partial charge in [0.05, 0.1) is 23.0 Å². The first-order valence-corrected chi connectivity index (χ1v) is 10.2. The van der Waals surface area contributed by atoms with E-state index in [1.54, 1.807) is 0 Å². The van der Waals surface area contributed by atoms with Gasteiger partial charge in [-0.1, -0.05) is 13.8 Å². The molecule has 7 nitrogen and oxygen atoms in total. The predicted octanol–water partition coefficient (Wildman–Crippen LogP) is 4.14. The smallest absolute Gasteiger partial charge is 0.258 e. The van der Waals surface area contributed by atoms with Gasteiger partial charge in [0.25, 0.3) is 5.91 Å². The van der Waals surface area contributed by atoms with Crippen LogP contribution < -0.4 is 10.6 Å². The summed E-state index contributed by atoms with van der Waals surface area (Å²) in [6, 6.07) is 4.12. The van der Waals surface area contributed by atoms with Gasteiger partial charge in [-0.25, -0.2) is 18.7 Å². The molecule has 4 rings (SSSR count). The van der Waals surface area contributed by atoms with Crippen molar-refractivity contribution in [3.05, 3.63) is 71.6 Å². The van der Waals surface area contributed by atoms with E-state index in [4.69, 9.17) is 0 Å². The van der Waals surface area contributed by atoms with Crippen molar-refractivity contribution < 1.29 is 18.4 Å². The Kier molecular flexibility index (Phi) is 5.89. The lowest BCUT2D eigenvalue weighted by atomic mass is 9.99. The van der Waals surface area contributed by atoms with Gasteiger partial charge >= 0.3 is 0 Å². The van der Waals surface area contributed by atoms with E-state index in [9.17, 15) is 18.4 Å². The van der Waals surface area contributed by atoms with E-state index < -0.39 is 23.6 Å². The van der Waals surface area contributed by atoms with Crippen molar-refractivity contribution >= 4 is 17.5 Å². The first-order chi connectivity index (χ1) is 15.3. The number of benzene rings is 1. The van der Waals surface area contributed by atoms with Gasteiger partial charge in [-0.15, -0.1) is 0 Å². The summed E-state index contributed by atoms with van der Waals surface area (Å²) in [5.74, 6) is -1.25. The maximum atomic E-state index is 14.6. The molecule has 3 aromatic rings. The van der Waals surface area contributed by atoms with Gasteiger partial charge < -0.3 is 10.6 Å². The molecule has 1 aliphatic rings. The van der Waals surface area contributed by atoms with Gasteiger partial charge in [-0.3, -0.25) is 14.6 Å². The van der Waals surface area contributed by atoms with E-state index in [0.29, 0.717) is 24.4 Å². The van der Waals surface area contributed by atoms with Crippen molar-refractivity contribution in [2.75, 3.05) is 5.32 Å². The standard InChI is InChI=1S/C23H21F2N5O2/c1-12(2)22-27-10-13(11-28-22)23(32)30-20-15(16-9-14(24)3-4-17(16)25)7-8-26-21(20)18-5-6-19(31)29-18/h3-4,7-12,18H,5-6H2,1-2H3,(H,29,31)(H,30,32). The molecule has 2 N–H and O–H groups in total. The van der Waals surface area contributed by atoms with Crippen molar-refractivity contribution in [1.29, 1.82) is 0 Å². The number of carbonyl (C=O) groups excluding carboxylic acids is 2. The van der Waals surface area contributed by atoms with E-state index in [-0.39, 0.29) is 34.2 Å². The van der Waals surface area contributed by atoms with Crippen LogP contribution in [0.25, 0.3) is 11.1 Å². The summed E-state index contributed by atoms with van der Waals surface area (Å²) in [7, 11) is 0. The highest BCUT2D eigenvalue weighted by Crippen LogP contribution is 2.37. The lowest BCUT2D eigenvalue weighted by molar-refractivity contribution is -0.119. The zero-order chi connectivity index (χ0) is 22.8. The number of nitrogens with zero attached hydrogens (tertiary/aromatic N) is 3. The molecule has 1 atom stereocenters. The Bertz CT molecular complexity index is 1180. The van der Waals surface area contributed by atoms with Gasteiger partial charge in [0, 0.05) is 42.1 Å². The Morgan fingerprint density at radius 3 is 2.53 bits per heavy atom.